The number of halogens is 1. The summed E-state index contributed by atoms with van der Waals surface area (Å²) in [6, 6.07) is 27.1. The third-order valence-corrected chi connectivity index (χ3v) is 13.8. The maximum atomic E-state index is 13.5. The molecule has 8 heterocycles. The summed E-state index contributed by atoms with van der Waals surface area (Å²) in [5, 5.41) is 11.9. The summed E-state index contributed by atoms with van der Waals surface area (Å²) in [4.78, 5) is 52.2. The minimum atomic E-state index is -0.498. The normalized spacial score (nSPS) is 16.7. The van der Waals surface area contributed by atoms with Gasteiger partial charge in [-0.2, -0.15) is 14.6 Å². The van der Waals surface area contributed by atoms with E-state index in [0.29, 0.717) is 66.0 Å². The molecule has 67 heavy (non-hydrogen) atoms. The number of pyridine rings is 2. The third-order valence-electron chi connectivity index (χ3n) is 11.7. The smallest absolute Gasteiger partial charge is 0.266 e. The van der Waals surface area contributed by atoms with Gasteiger partial charge >= 0.3 is 0 Å². The van der Waals surface area contributed by atoms with Crippen molar-refractivity contribution in [2.24, 2.45) is 9.98 Å². The predicted molar refractivity (Wildman–Crippen MR) is 266 cm³/mol. The van der Waals surface area contributed by atoms with Crippen LogP contribution < -0.4 is 9.80 Å². The van der Waals surface area contributed by atoms with Gasteiger partial charge in [0.15, 0.2) is 11.6 Å². The molecule has 6 aromatic rings. The predicted octanol–water partition coefficient (Wildman–Crippen LogP) is 9.13. The van der Waals surface area contributed by atoms with Crippen LogP contribution in [0, 0.1) is 12.9 Å². The van der Waals surface area contributed by atoms with E-state index in [4.69, 9.17) is 20.2 Å². The van der Waals surface area contributed by atoms with Crippen molar-refractivity contribution in [2.75, 3.05) is 42.7 Å². The lowest BCUT2D eigenvalue weighted by Crippen LogP contribution is -2.48. The van der Waals surface area contributed by atoms with Crippen molar-refractivity contribution in [3.8, 4) is 22.5 Å². The average Bonchev–Trinajstić information content (AvgIpc) is 4.02. The fraction of sp³-hybridized carbons (Fsp3) is 0.360. The van der Waals surface area contributed by atoms with Crippen LogP contribution in [-0.2, 0) is 13.1 Å². The maximum absolute atomic E-state index is 13.5. The number of hydrogen-bond acceptors (Lipinski definition) is 12. The Hall–Kier alpha value is -6.33. The third kappa shape index (κ3) is 8.98. The van der Waals surface area contributed by atoms with E-state index in [0.717, 1.165) is 55.3 Å². The van der Waals surface area contributed by atoms with Gasteiger partial charge in [0.25, 0.3) is 11.8 Å². The van der Waals surface area contributed by atoms with Gasteiger partial charge in [0.05, 0.1) is 48.6 Å². The van der Waals surface area contributed by atoms with Gasteiger partial charge in [-0.1, -0.05) is 81.4 Å². The summed E-state index contributed by atoms with van der Waals surface area (Å²) in [6.07, 6.45) is 0. The molecular formula is C50H55FN12O2S2. The van der Waals surface area contributed by atoms with Crippen molar-refractivity contribution in [1.82, 2.24) is 39.3 Å². The van der Waals surface area contributed by atoms with Crippen molar-refractivity contribution in [3.63, 3.8) is 0 Å². The number of benzene rings is 2. The van der Waals surface area contributed by atoms with Gasteiger partial charge in [-0.25, -0.2) is 15.0 Å². The molecule has 0 saturated heterocycles. The van der Waals surface area contributed by atoms with Crippen LogP contribution in [0.4, 0.5) is 16.0 Å². The van der Waals surface area contributed by atoms with E-state index in [2.05, 4.69) is 87.6 Å². The molecule has 4 aliphatic heterocycles. The molecule has 0 atom stereocenters. The number of aryl methyl sites for hydroxylation is 1. The first-order chi connectivity index (χ1) is 31.9. The number of aromatic nitrogens is 6. The fourth-order valence-corrected chi connectivity index (χ4v) is 10.5. The van der Waals surface area contributed by atoms with Crippen LogP contribution in [0.2, 0.25) is 0 Å². The maximum Gasteiger partial charge on any atom is 0.266 e. The summed E-state index contributed by atoms with van der Waals surface area (Å²) in [5.41, 5.74) is 7.42. The molecule has 17 heteroatoms. The van der Waals surface area contributed by atoms with Crippen molar-refractivity contribution < 1.29 is 14.0 Å². The Morgan fingerprint density at radius 2 is 1.12 bits per heavy atom. The van der Waals surface area contributed by atoms with Gasteiger partial charge < -0.3 is 0 Å². The first kappa shape index (κ1) is 45.8. The minimum Gasteiger partial charge on any atom is -0.292 e. The molecule has 0 unspecified atom stereocenters. The van der Waals surface area contributed by atoms with Gasteiger partial charge in [-0.15, -0.1) is 23.5 Å². The first-order valence-electron chi connectivity index (χ1n) is 22.5. The molecule has 2 amide bonds. The molecule has 2 aromatic carbocycles. The first-order valence-corrected chi connectivity index (χ1v) is 24.3. The molecule has 0 radical (unpaired) electrons. The van der Waals surface area contributed by atoms with Crippen molar-refractivity contribution >= 4 is 58.9 Å². The number of carbonyl (C=O) groups excluding carboxylic acids is 2. The van der Waals surface area contributed by atoms with Crippen LogP contribution in [0.5, 0.6) is 0 Å². The Morgan fingerprint density at radius 1 is 0.657 bits per heavy atom. The Bertz CT molecular complexity index is 2960. The van der Waals surface area contributed by atoms with Crippen molar-refractivity contribution in [2.45, 2.75) is 94.9 Å². The summed E-state index contributed by atoms with van der Waals surface area (Å²) in [6.45, 7) is 19.1. The van der Waals surface area contributed by atoms with Crippen molar-refractivity contribution in [3.05, 3.63) is 119 Å². The van der Waals surface area contributed by atoms with Crippen LogP contribution in [0.3, 0.4) is 0 Å². The van der Waals surface area contributed by atoms with E-state index in [-0.39, 0.29) is 22.9 Å². The van der Waals surface area contributed by atoms with Crippen LogP contribution in [0.15, 0.2) is 105 Å². The second kappa shape index (κ2) is 17.7. The lowest BCUT2D eigenvalue weighted by Gasteiger charge is -2.30. The molecule has 0 spiro atoms. The SMILES string of the molecule is CCSc1c2c(nn1Cc1ccc(-c3cccc(F)n3)cc1)N1CC(C)(C)N=C1N(C)C2=O.Cc1cccc(-c2ccc(Cn3nc4c(c3SC(C)C)C(=O)N(C)C3=NC(C)(C)CN34)cc2)n1. The van der Waals surface area contributed by atoms with E-state index in [9.17, 15) is 14.0 Å². The second-order valence-corrected chi connectivity index (χ2v) is 21.5. The monoisotopic (exact) mass is 938 g/mol. The molecule has 0 saturated carbocycles. The molecule has 4 aliphatic rings. The number of thioether (sulfide) groups is 2. The van der Waals surface area contributed by atoms with Gasteiger partial charge in [-0.3, -0.25) is 43.5 Å². The van der Waals surface area contributed by atoms with E-state index in [1.807, 2.05) is 63.7 Å². The van der Waals surface area contributed by atoms with Gasteiger partial charge in [0, 0.05) is 36.2 Å². The van der Waals surface area contributed by atoms with Gasteiger partial charge in [0.1, 0.15) is 21.2 Å². The molecule has 346 valence electrons. The molecule has 0 aliphatic carbocycles. The molecular weight excluding hydrogens is 884 g/mol. The zero-order valence-electron chi connectivity index (χ0n) is 39.6. The molecule has 0 bridgehead atoms. The van der Waals surface area contributed by atoms with E-state index >= 15 is 0 Å². The minimum absolute atomic E-state index is 0.0435. The summed E-state index contributed by atoms with van der Waals surface area (Å²) < 4.78 is 17.4. The summed E-state index contributed by atoms with van der Waals surface area (Å²) in [5.74, 6) is 2.94. The van der Waals surface area contributed by atoms with Crippen molar-refractivity contribution in [1.29, 1.82) is 0 Å². The van der Waals surface area contributed by atoms with E-state index < -0.39 is 5.95 Å². The molecule has 0 fully saturated rings. The van der Waals surface area contributed by atoms with Crippen LogP contribution in [-0.4, -0.2) is 112 Å². The topological polar surface area (TPSA) is 133 Å². The Balaban J connectivity index is 0.000000168. The number of nitrogens with zero attached hydrogens (tertiary/aromatic N) is 12. The number of guanidine groups is 2. The number of amides is 2. The summed E-state index contributed by atoms with van der Waals surface area (Å²) >= 11 is 3.30. The number of rotatable bonds is 10. The fourth-order valence-electron chi connectivity index (χ4n) is 8.66. The highest BCUT2D eigenvalue weighted by Gasteiger charge is 2.46. The number of hydrogen-bond donors (Lipinski definition) is 0. The highest BCUT2D eigenvalue weighted by Crippen LogP contribution is 2.41. The molecule has 14 nitrogen and oxygen atoms in total. The zero-order valence-corrected chi connectivity index (χ0v) is 41.2. The van der Waals surface area contributed by atoms with Gasteiger partial charge in [-0.05, 0) is 75.8 Å². The molecule has 4 aromatic heterocycles. The van der Waals surface area contributed by atoms with E-state index in [1.165, 1.54) is 6.07 Å². The number of anilines is 2. The quantitative estimate of drug-likeness (QED) is 0.0968. The van der Waals surface area contributed by atoms with Crippen LogP contribution >= 0.6 is 23.5 Å². The van der Waals surface area contributed by atoms with Crippen LogP contribution in [0.25, 0.3) is 22.5 Å². The Kier molecular flexibility index (Phi) is 12.1. The highest BCUT2D eigenvalue weighted by molar-refractivity contribution is 8.00. The second-order valence-electron chi connectivity index (χ2n) is 18.7. The number of fused-ring (bicyclic) bond motifs is 6. The summed E-state index contributed by atoms with van der Waals surface area (Å²) in [7, 11) is 3.58. The average molecular weight is 939 g/mol. The molecule has 10 rings (SSSR count). The van der Waals surface area contributed by atoms with Gasteiger partial charge in [0.2, 0.25) is 17.9 Å². The Labute approximate surface area is 399 Å². The number of aliphatic imine (C=N–C) groups is 2. The standard InChI is InChI=1S/C26H30N6OS.C24H25FN6OS/c1-16(2)34-24-21-22(31-15-26(4,5)28-25(31)30(6)23(21)33)29-32(24)14-18-10-12-19(13-11-18)20-9-7-8-17(3)27-20;1-5-33-22-19-20(30-14-24(2,3)27-23(30)29(4)21(19)32)28-31(22)13-15-9-11-16(12-10-15)17-7-6-8-18(25)26-17/h7-13,16H,14-15H2,1-6H3;6-12H,5,13-14H2,1-4H3. The highest BCUT2D eigenvalue weighted by atomic mass is 32.2. The zero-order chi connectivity index (χ0) is 47.5. The van der Waals surface area contributed by atoms with E-state index in [1.54, 1.807) is 59.6 Å². The lowest BCUT2D eigenvalue weighted by molar-refractivity contribution is 0.0854. The molecule has 0 N–H and O–H groups in total. The largest absolute Gasteiger partial charge is 0.292 e. The van der Waals surface area contributed by atoms with Crippen LogP contribution in [0.1, 0.15) is 86.0 Å². The lowest BCUT2D eigenvalue weighted by atomic mass is 10.1. The number of carbonyl (C=O) groups is 2. The Morgan fingerprint density at radius 3 is 1.58 bits per heavy atom.